The Labute approximate surface area is 112 Å². The summed E-state index contributed by atoms with van der Waals surface area (Å²) in [5, 5.41) is 1.82. The van der Waals surface area contributed by atoms with Crippen LogP contribution < -0.4 is 5.32 Å². The van der Waals surface area contributed by atoms with Crippen molar-refractivity contribution < 1.29 is 23.6 Å². The molecule has 6 nitrogen and oxygen atoms in total. The second-order valence-electron chi connectivity index (χ2n) is 4.63. The smallest absolute Gasteiger partial charge is 0.285 e. The first-order valence-electron chi connectivity index (χ1n) is 5.96. The van der Waals surface area contributed by atoms with Crippen LogP contribution in [0.3, 0.4) is 0 Å². The molecular weight excluding hydrogens is 267 g/mol. The van der Waals surface area contributed by atoms with Gasteiger partial charge in [-0.3, -0.25) is 24.5 Å². The minimum absolute atomic E-state index is 0.0548. The number of carbonyl (C=O) groups is 4. The second-order valence-corrected chi connectivity index (χ2v) is 4.63. The van der Waals surface area contributed by atoms with E-state index in [0.717, 1.165) is 0 Å². The van der Waals surface area contributed by atoms with Crippen LogP contribution >= 0.6 is 0 Å². The van der Waals surface area contributed by atoms with Gasteiger partial charge < -0.3 is 0 Å². The van der Waals surface area contributed by atoms with Gasteiger partial charge in [0.1, 0.15) is 0 Å². The zero-order chi connectivity index (χ0) is 14.5. The van der Waals surface area contributed by atoms with E-state index in [1.165, 1.54) is 12.1 Å². The average molecular weight is 276 g/mol. The number of amides is 4. The lowest BCUT2D eigenvalue weighted by Crippen LogP contribution is -2.61. The third kappa shape index (κ3) is 1.49. The Morgan fingerprint density at radius 3 is 2.10 bits per heavy atom. The van der Waals surface area contributed by atoms with Gasteiger partial charge >= 0.3 is 0 Å². The molecule has 0 saturated carbocycles. The van der Waals surface area contributed by atoms with Gasteiger partial charge in [0.2, 0.25) is 5.91 Å². The lowest BCUT2D eigenvalue weighted by atomic mass is 10.0. The highest BCUT2D eigenvalue weighted by atomic mass is 19.1. The van der Waals surface area contributed by atoms with Crippen LogP contribution in [0.1, 0.15) is 33.6 Å². The van der Waals surface area contributed by atoms with Crippen LogP contribution in [0.25, 0.3) is 0 Å². The van der Waals surface area contributed by atoms with Crippen LogP contribution in [0, 0.1) is 0 Å². The number of alkyl halides is 1. The zero-order valence-corrected chi connectivity index (χ0v) is 10.2. The first-order chi connectivity index (χ1) is 9.45. The number of imide groups is 2. The largest absolute Gasteiger partial charge is 0.292 e. The Morgan fingerprint density at radius 2 is 1.60 bits per heavy atom. The lowest BCUT2D eigenvalue weighted by Gasteiger charge is -2.33. The number of halogens is 1. The fourth-order valence-electron chi connectivity index (χ4n) is 2.40. The summed E-state index contributed by atoms with van der Waals surface area (Å²) in [5.74, 6) is -6.44. The molecule has 0 radical (unpaired) electrons. The molecule has 2 aliphatic heterocycles. The first-order valence-corrected chi connectivity index (χ1v) is 5.96. The molecule has 0 spiro atoms. The number of piperidine rings is 1. The first kappa shape index (κ1) is 12.5. The molecule has 1 saturated heterocycles. The minimum atomic E-state index is -2.82. The Hall–Kier alpha value is -2.57. The third-order valence-corrected chi connectivity index (χ3v) is 3.43. The van der Waals surface area contributed by atoms with E-state index in [4.69, 9.17) is 0 Å². The van der Waals surface area contributed by atoms with Crippen molar-refractivity contribution in [2.45, 2.75) is 18.6 Å². The number of benzene rings is 1. The summed E-state index contributed by atoms with van der Waals surface area (Å²) in [6.45, 7) is 0. The topological polar surface area (TPSA) is 83.6 Å². The average Bonchev–Trinajstić information content (AvgIpc) is 2.68. The summed E-state index contributed by atoms with van der Waals surface area (Å²) in [5.41, 5.74) is 0.110. The van der Waals surface area contributed by atoms with E-state index in [1.807, 2.05) is 5.32 Å². The number of hydrogen-bond acceptors (Lipinski definition) is 4. The summed E-state index contributed by atoms with van der Waals surface area (Å²) in [6.07, 6.45) is -0.793. The molecule has 1 N–H and O–H groups in total. The standard InChI is InChI=1S/C13H9FN2O4/c14-13(6-5-9(17)15-12(13)20)16-10(18)7-3-1-2-4-8(7)11(16)19/h1-4H,5-6H2,(H,15,17,20)/t13-/m1/s1. The molecule has 1 aromatic carbocycles. The Kier molecular flexibility index (Phi) is 2.47. The number of nitrogens with zero attached hydrogens (tertiary/aromatic N) is 1. The molecule has 0 aromatic heterocycles. The highest BCUT2D eigenvalue weighted by molar-refractivity contribution is 6.23. The number of nitrogens with one attached hydrogen (secondary N) is 1. The van der Waals surface area contributed by atoms with Crippen LogP contribution in [0.4, 0.5) is 4.39 Å². The van der Waals surface area contributed by atoms with Crippen LogP contribution in [-0.2, 0) is 9.59 Å². The van der Waals surface area contributed by atoms with Crippen molar-refractivity contribution in [2.75, 3.05) is 0 Å². The minimum Gasteiger partial charge on any atom is -0.292 e. The van der Waals surface area contributed by atoms with Gasteiger partial charge in [0.15, 0.2) is 0 Å². The molecule has 4 amide bonds. The molecule has 2 heterocycles. The molecule has 0 aliphatic carbocycles. The summed E-state index contributed by atoms with van der Waals surface area (Å²) in [4.78, 5) is 47.4. The van der Waals surface area contributed by atoms with E-state index >= 15 is 0 Å². The Morgan fingerprint density at radius 1 is 1.05 bits per heavy atom. The summed E-state index contributed by atoms with van der Waals surface area (Å²) < 4.78 is 14.8. The van der Waals surface area contributed by atoms with Gasteiger partial charge in [0, 0.05) is 12.8 Å². The fraction of sp³-hybridized carbons (Fsp3) is 0.231. The van der Waals surface area contributed by atoms with E-state index in [1.54, 1.807) is 12.1 Å². The quantitative estimate of drug-likeness (QED) is 0.594. The normalized spacial score (nSPS) is 25.8. The third-order valence-electron chi connectivity index (χ3n) is 3.43. The molecule has 7 heteroatoms. The maximum absolute atomic E-state index is 14.8. The molecule has 20 heavy (non-hydrogen) atoms. The molecule has 2 aliphatic rings. The maximum Gasteiger partial charge on any atom is 0.285 e. The van der Waals surface area contributed by atoms with Gasteiger partial charge in [-0.05, 0) is 12.1 Å². The Bertz CT molecular complexity index is 637. The van der Waals surface area contributed by atoms with Crippen molar-refractivity contribution in [1.82, 2.24) is 10.2 Å². The van der Waals surface area contributed by atoms with Crippen molar-refractivity contribution in [3.05, 3.63) is 35.4 Å². The molecule has 3 rings (SSSR count). The van der Waals surface area contributed by atoms with Gasteiger partial charge in [-0.15, -0.1) is 0 Å². The SMILES string of the molecule is O=C1CC[C@@](F)(N2C(=O)c3ccccc3C2=O)C(=O)N1. The lowest BCUT2D eigenvalue weighted by molar-refractivity contribution is -0.151. The number of fused-ring (bicyclic) bond motifs is 1. The van der Waals surface area contributed by atoms with E-state index < -0.39 is 35.8 Å². The molecule has 1 fully saturated rings. The van der Waals surface area contributed by atoms with E-state index in [2.05, 4.69) is 0 Å². The highest BCUT2D eigenvalue weighted by Gasteiger charge is 2.56. The second kappa shape index (κ2) is 3.96. The predicted molar refractivity (Wildman–Crippen MR) is 63.2 cm³/mol. The van der Waals surface area contributed by atoms with Crippen molar-refractivity contribution >= 4 is 23.6 Å². The monoisotopic (exact) mass is 276 g/mol. The molecule has 1 aromatic rings. The van der Waals surface area contributed by atoms with E-state index in [-0.39, 0.29) is 17.5 Å². The predicted octanol–water partition coefficient (Wildman–Crippen LogP) is 0.385. The molecule has 102 valence electrons. The van der Waals surface area contributed by atoms with Crippen molar-refractivity contribution in [2.24, 2.45) is 0 Å². The fourth-order valence-corrected chi connectivity index (χ4v) is 2.40. The van der Waals surface area contributed by atoms with Crippen molar-refractivity contribution in [1.29, 1.82) is 0 Å². The number of rotatable bonds is 1. The van der Waals surface area contributed by atoms with Crippen LogP contribution in [0.2, 0.25) is 0 Å². The summed E-state index contributed by atoms with van der Waals surface area (Å²) in [7, 11) is 0. The molecular formula is C13H9FN2O4. The zero-order valence-electron chi connectivity index (χ0n) is 10.2. The molecule has 1 atom stereocenters. The van der Waals surface area contributed by atoms with E-state index in [0.29, 0.717) is 4.90 Å². The molecule has 0 unspecified atom stereocenters. The van der Waals surface area contributed by atoms with Crippen LogP contribution in [0.15, 0.2) is 24.3 Å². The van der Waals surface area contributed by atoms with Crippen molar-refractivity contribution in [3.63, 3.8) is 0 Å². The van der Waals surface area contributed by atoms with Gasteiger partial charge in [0.05, 0.1) is 11.1 Å². The summed E-state index contributed by atoms with van der Waals surface area (Å²) in [6, 6.07) is 5.88. The number of carbonyl (C=O) groups excluding carboxylic acids is 4. The summed E-state index contributed by atoms with van der Waals surface area (Å²) >= 11 is 0. The van der Waals surface area contributed by atoms with Gasteiger partial charge in [-0.2, -0.15) is 0 Å². The Balaban J connectivity index is 2.04. The van der Waals surface area contributed by atoms with E-state index in [9.17, 15) is 23.6 Å². The highest BCUT2D eigenvalue weighted by Crippen LogP contribution is 2.35. The van der Waals surface area contributed by atoms with Gasteiger partial charge in [-0.1, -0.05) is 12.1 Å². The number of hydrogen-bond donors (Lipinski definition) is 1. The maximum atomic E-state index is 14.8. The van der Waals surface area contributed by atoms with Crippen LogP contribution in [0.5, 0.6) is 0 Å². The molecule has 0 bridgehead atoms. The van der Waals surface area contributed by atoms with Gasteiger partial charge in [0.25, 0.3) is 23.5 Å². The van der Waals surface area contributed by atoms with Crippen LogP contribution in [-0.4, -0.2) is 34.3 Å². The van der Waals surface area contributed by atoms with Crippen molar-refractivity contribution in [3.8, 4) is 0 Å². The van der Waals surface area contributed by atoms with Gasteiger partial charge in [-0.25, -0.2) is 9.29 Å².